The second-order valence-electron chi connectivity index (χ2n) is 4.60. The molecule has 1 N–H and O–H groups in total. The molecule has 2 amide bonds. The lowest BCUT2D eigenvalue weighted by molar-refractivity contribution is -0.146. The Morgan fingerprint density at radius 3 is 2.45 bits per heavy atom. The average Bonchev–Trinajstić information content (AvgIpc) is 2.49. The molecule has 1 aliphatic heterocycles. The third-order valence-corrected chi connectivity index (χ3v) is 3.34. The van der Waals surface area contributed by atoms with Gasteiger partial charge in [-0.1, -0.05) is 23.7 Å². The highest BCUT2D eigenvalue weighted by atomic mass is 35.5. The Bertz CT molecular complexity index is 508. The van der Waals surface area contributed by atoms with Crippen molar-refractivity contribution in [3.05, 3.63) is 34.9 Å². The molecule has 0 spiro atoms. The van der Waals surface area contributed by atoms with Crippen molar-refractivity contribution in [1.82, 2.24) is 10.3 Å². The molecule has 1 aromatic rings. The summed E-state index contributed by atoms with van der Waals surface area (Å²) in [5, 5.41) is 4.40. The van der Waals surface area contributed by atoms with Crippen LogP contribution in [-0.4, -0.2) is 36.0 Å². The lowest BCUT2D eigenvalue weighted by Crippen LogP contribution is -2.43. The number of rotatable bonds is 2. The first-order chi connectivity index (χ1) is 9.66. The molecule has 20 heavy (non-hydrogen) atoms. The highest BCUT2D eigenvalue weighted by Crippen LogP contribution is 2.09. The number of carbonyl (C=O) groups excluding carboxylic acids is 2. The third kappa shape index (κ3) is 4.06. The molecular weight excluding hydrogens is 278 g/mol. The van der Waals surface area contributed by atoms with Gasteiger partial charge in [-0.3, -0.25) is 9.59 Å². The molecule has 106 valence electrons. The van der Waals surface area contributed by atoms with Crippen LogP contribution in [0.1, 0.15) is 24.8 Å². The summed E-state index contributed by atoms with van der Waals surface area (Å²) in [5.41, 5.74) is 3.04. The van der Waals surface area contributed by atoms with Gasteiger partial charge in [-0.15, -0.1) is 0 Å². The Kier molecular flexibility index (Phi) is 5.12. The second-order valence-corrected chi connectivity index (χ2v) is 5.04. The standard InChI is InChI=1S/C14H16ClN3O2/c15-12-6-4-11(5-7-12)10-16-17-13(19)14(20)18-8-2-1-3-9-18/h4-7,10H,1-3,8-9H2,(H,17,19). The lowest BCUT2D eigenvalue weighted by atomic mass is 10.1. The molecule has 1 heterocycles. The molecule has 0 saturated carbocycles. The van der Waals surface area contributed by atoms with Crippen LogP contribution in [0.25, 0.3) is 0 Å². The van der Waals surface area contributed by atoms with E-state index in [1.807, 2.05) is 0 Å². The fourth-order valence-corrected chi connectivity index (χ4v) is 2.13. The summed E-state index contributed by atoms with van der Waals surface area (Å²) < 4.78 is 0. The van der Waals surface area contributed by atoms with E-state index in [0.717, 1.165) is 24.8 Å². The number of nitrogens with one attached hydrogen (secondary N) is 1. The predicted molar refractivity (Wildman–Crippen MR) is 77.6 cm³/mol. The van der Waals surface area contributed by atoms with Crippen LogP contribution in [0.5, 0.6) is 0 Å². The van der Waals surface area contributed by atoms with Gasteiger partial charge in [0.2, 0.25) is 0 Å². The Labute approximate surface area is 122 Å². The van der Waals surface area contributed by atoms with Crippen molar-refractivity contribution in [2.75, 3.05) is 13.1 Å². The van der Waals surface area contributed by atoms with Gasteiger partial charge in [0.1, 0.15) is 0 Å². The van der Waals surface area contributed by atoms with Crippen LogP contribution in [0.2, 0.25) is 5.02 Å². The van der Waals surface area contributed by atoms with Gasteiger partial charge in [0.25, 0.3) is 0 Å². The molecule has 0 aromatic heterocycles. The highest BCUT2D eigenvalue weighted by Gasteiger charge is 2.22. The monoisotopic (exact) mass is 293 g/mol. The summed E-state index contributed by atoms with van der Waals surface area (Å²) in [6.07, 6.45) is 4.48. The Balaban J connectivity index is 1.84. The van der Waals surface area contributed by atoms with E-state index >= 15 is 0 Å². The SMILES string of the molecule is O=C(NN=Cc1ccc(Cl)cc1)C(=O)N1CCCCC1. The molecule has 1 aromatic carbocycles. The summed E-state index contributed by atoms with van der Waals surface area (Å²) in [6, 6.07) is 6.99. The topological polar surface area (TPSA) is 61.8 Å². The molecular formula is C14H16ClN3O2. The zero-order valence-corrected chi connectivity index (χ0v) is 11.8. The number of amides is 2. The molecule has 6 heteroatoms. The number of hydrogen-bond acceptors (Lipinski definition) is 3. The Morgan fingerprint density at radius 1 is 1.15 bits per heavy atom. The molecule has 1 fully saturated rings. The van der Waals surface area contributed by atoms with Gasteiger partial charge in [0.05, 0.1) is 6.21 Å². The van der Waals surface area contributed by atoms with Crippen LogP contribution < -0.4 is 5.43 Å². The van der Waals surface area contributed by atoms with Crippen molar-refractivity contribution >= 4 is 29.6 Å². The average molecular weight is 294 g/mol. The fraction of sp³-hybridized carbons (Fsp3) is 0.357. The van der Waals surface area contributed by atoms with E-state index < -0.39 is 11.8 Å². The van der Waals surface area contributed by atoms with Crippen LogP contribution >= 0.6 is 11.6 Å². The Hall–Kier alpha value is -1.88. The van der Waals surface area contributed by atoms with Crippen molar-refractivity contribution in [2.45, 2.75) is 19.3 Å². The smallest absolute Gasteiger partial charge is 0.329 e. The summed E-state index contributed by atoms with van der Waals surface area (Å²) in [4.78, 5) is 25.0. The molecule has 0 bridgehead atoms. The van der Waals surface area contributed by atoms with Crippen LogP contribution in [0.3, 0.4) is 0 Å². The number of carbonyl (C=O) groups is 2. The summed E-state index contributed by atoms with van der Waals surface area (Å²) >= 11 is 5.76. The number of hydrogen-bond donors (Lipinski definition) is 1. The van der Waals surface area contributed by atoms with Crippen LogP contribution in [0, 0.1) is 0 Å². The molecule has 1 saturated heterocycles. The molecule has 0 atom stereocenters. The zero-order chi connectivity index (χ0) is 14.4. The zero-order valence-electron chi connectivity index (χ0n) is 11.0. The first kappa shape index (κ1) is 14.5. The van der Waals surface area contributed by atoms with E-state index in [4.69, 9.17) is 11.6 Å². The highest BCUT2D eigenvalue weighted by molar-refractivity contribution is 6.35. The van der Waals surface area contributed by atoms with Crippen molar-refractivity contribution in [1.29, 1.82) is 0 Å². The number of likely N-dealkylation sites (tertiary alicyclic amines) is 1. The van der Waals surface area contributed by atoms with Gasteiger partial charge in [0, 0.05) is 18.1 Å². The molecule has 0 aliphatic carbocycles. The van der Waals surface area contributed by atoms with Crippen LogP contribution in [-0.2, 0) is 9.59 Å². The van der Waals surface area contributed by atoms with Crippen molar-refractivity contribution in [3.63, 3.8) is 0 Å². The van der Waals surface area contributed by atoms with E-state index in [1.165, 1.54) is 6.21 Å². The minimum atomic E-state index is -0.697. The first-order valence-electron chi connectivity index (χ1n) is 6.55. The van der Waals surface area contributed by atoms with E-state index in [2.05, 4.69) is 10.5 Å². The molecule has 0 unspecified atom stereocenters. The Morgan fingerprint density at radius 2 is 1.80 bits per heavy atom. The van der Waals surface area contributed by atoms with Gasteiger partial charge in [-0.05, 0) is 37.0 Å². The molecule has 0 radical (unpaired) electrons. The fourth-order valence-electron chi connectivity index (χ4n) is 2.00. The number of piperidine rings is 1. The quantitative estimate of drug-likeness (QED) is 0.513. The van der Waals surface area contributed by atoms with Gasteiger partial charge in [-0.2, -0.15) is 5.10 Å². The van der Waals surface area contributed by atoms with Gasteiger partial charge in [-0.25, -0.2) is 5.43 Å². The maximum Gasteiger partial charge on any atom is 0.329 e. The minimum absolute atomic E-state index is 0.516. The predicted octanol–water partition coefficient (Wildman–Crippen LogP) is 1.80. The normalized spacial score (nSPS) is 15.3. The largest absolute Gasteiger partial charge is 0.334 e. The van der Waals surface area contributed by atoms with Crippen molar-refractivity contribution in [2.24, 2.45) is 5.10 Å². The lowest BCUT2D eigenvalue weighted by Gasteiger charge is -2.25. The van der Waals surface area contributed by atoms with E-state index in [1.54, 1.807) is 29.2 Å². The van der Waals surface area contributed by atoms with E-state index in [0.29, 0.717) is 18.1 Å². The first-order valence-corrected chi connectivity index (χ1v) is 6.92. The summed E-state index contributed by atoms with van der Waals surface area (Å²) in [5.74, 6) is -1.21. The van der Waals surface area contributed by atoms with Crippen LogP contribution in [0.4, 0.5) is 0 Å². The summed E-state index contributed by atoms with van der Waals surface area (Å²) in [6.45, 7) is 1.29. The van der Waals surface area contributed by atoms with Gasteiger partial charge >= 0.3 is 11.8 Å². The number of halogens is 1. The maximum atomic E-state index is 11.8. The number of nitrogens with zero attached hydrogens (tertiary/aromatic N) is 2. The summed E-state index contributed by atoms with van der Waals surface area (Å²) in [7, 11) is 0. The van der Waals surface area contributed by atoms with Gasteiger partial charge in [0.15, 0.2) is 0 Å². The number of benzene rings is 1. The van der Waals surface area contributed by atoms with E-state index in [-0.39, 0.29) is 0 Å². The second kappa shape index (κ2) is 7.05. The minimum Gasteiger partial charge on any atom is -0.334 e. The third-order valence-electron chi connectivity index (χ3n) is 3.09. The van der Waals surface area contributed by atoms with Gasteiger partial charge < -0.3 is 4.90 Å². The van der Waals surface area contributed by atoms with Crippen molar-refractivity contribution < 1.29 is 9.59 Å². The number of hydrazone groups is 1. The maximum absolute atomic E-state index is 11.8. The van der Waals surface area contributed by atoms with Crippen molar-refractivity contribution in [3.8, 4) is 0 Å². The molecule has 2 rings (SSSR count). The van der Waals surface area contributed by atoms with Crippen LogP contribution in [0.15, 0.2) is 29.4 Å². The molecule has 5 nitrogen and oxygen atoms in total. The van der Waals surface area contributed by atoms with E-state index in [9.17, 15) is 9.59 Å². The molecule has 1 aliphatic rings.